The first-order chi connectivity index (χ1) is 8.36. The van der Waals surface area contributed by atoms with Crippen molar-refractivity contribution in [3.63, 3.8) is 0 Å². The summed E-state index contributed by atoms with van der Waals surface area (Å²) < 4.78 is 39.2. The molecule has 0 amide bonds. The summed E-state index contributed by atoms with van der Waals surface area (Å²) in [5.41, 5.74) is -1.01. The van der Waals surface area contributed by atoms with Crippen molar-refractivity contribution in [2.45, 2.75) is 6.92 Å². The summed E-state index contributed by atoms with van der Waals surface area (Å²) >= 11 is 4.71. The number of benzene rings is 1. The van der Waals surface area contributed by atoms with Crippen LogP contribution in [-0.4, -0.2) is 10.1 Å². The number of hydrogen-bond donors (Lipinski definition) is 2. The number of aliphatic hydroxyl groups is 1. The Balaban J connectivity index is 3.11. The van der Waals surface area contributed by atoms with Gasteiger partial charge in [0, 0.05) is 12.1 Å². The van der Waals surface area contributed by atoms with Gasteiger partial charge in [0.05, 0.1) is 0 Å². The van der Waals surface area contributed by atoms with Crippen LogP contribution < -0.4 is 5.32 Å². The highest BCUT2D eigenvalue weighted by Gasteiger charge is 2.15. The smallest absolute Gasteiger partial charge is 0.152 e. The first-order valence-corrected chi connectivity index (χ1v) is 5.03. The van der Waals surface area contributed by atoms with Crippen LogP contribution in [0.15, 0.2) is 23.5 Å². The number of thiocarbonyl (C=S) groups is 1. The second-order valence-corrected chi connectivity index (χ2v) is 3.68. The molecule has 0 aromatic heterocycles. The lowest BCUT2D eigenvalue weighted by Crippen LogP contribution is -2.15. The van der Waals surface area contributed by atoms with E-state index in [-0.39, 0.29) is 10.6 Å². The maximum absolute atomic E-state index is 13.3. The van der Waals surface area contributed by atoms with Gasteiger partial charge in [0.25, 0.3) is 0 Å². The lowest BCUT2D eigenvalue weighted by atomic mass is 10.2. The lowest BCUT2D eigenvalue weighted by Gasteiger charge is -2.09. The molecule has 3 nitrogen and oxygen atoms in total. The van der Waals surface area contributed by atoms with Crippen LogP contribution in [0.4, 0.5) is 18.9 Å². The van der Waals surface area contributed by atoms with E-state index in [9.17, 15) is 13.2 Å². The molecule has 0 aliphatic rings. The second kappa shape index (κ2) is 5.51. The number of aliphatic hydroxyl groups excluding tert-OH is 1. The monoisotopic (exact) mass is 272 g/mol. The Morgan fingerprint density at radius 1 is 1.33 bits per heavy atom. The molecule has 0 heterocycles. The van der Waals surface area contributed by atoms with E-state index in [1.54, 1.807) is 6.07 Å². The summed E-state index contributed by atoms with van der Waals surface area (Å²) in [5, 5.41) is 19.9. The maximum Gasteiger partial charge on any atom is 0.152 e. The minimum atomic E-state index is -1.19. The van der Waals surface area contributed by atoms with Gasteiger partial charge in [-0.05, 0) is 6.92 Å². The number of rotatable bonds is 2. The third kappa shape index (κ3) is 2.99. The number of nitrogens with zero attached hydrogens (tertiary/aromatic N) is 1. The van der Waals surface area contributed by atoms with Crippen LogP contribution in [0.25, 0.3) is 0 Å². The fourth-order valence-electron chi connectivity index (χ4n) is 1.13. The topological polar surface area (TPSA) is 56.0 Å². The molecule has 0 spiro atoms. The van der Waals surface area contributed by atoms with Crippen LogP contribution in [0, 0.1) is 28.8 Å². The highest BCUT2D eigenvalue weighted by atomic mass is 32.1. The van der Waals surface area contributed by atoms with Gasteiger partial charge in [0.1, 0.15) is 33.9 Å². The molecule has 0 saturated carbocycles. The Kier molecular flexibility index (Phi) is 4.28. The van der Waals surface area contributed by atoms with Gasteiger partial charge >= 0.3 is 0 Å². The normalized spacial score (nSPS) is 11.5. The van der Waals surface area contributed by atoms with Gasteiger partial charge in [-0.3, -0.25) is 0 Å². The number of allylic oxidation sites excluding steroid dienone is 1. The average Bonchev–Trinajstić information content (AvgIpc) is 2.23. The van der Waals surface area contributed by atoms with Gasteiger partial charge < -0.3 is 10.4 Å². The minimum Gasteiger partial charge on any atom is -0.511 e. The van der Waals surface area contributed by atoms with E-state index >= 15 is 0 Å². The van der Waals surface area contributed by atoms with E-state index in [0.717, 1.165) is 0 Å². The van der Waals surface area contributed by atoms with Crippen LogP contribution in [0.3, 0.4) is 0 Å². The van der Waals surface area contributed by atoms with Crippen molar-refractivity contribution in [1.82, 2.24) is 0 Å². The molecule has 7 heteroatoms. The first kappa shape index (κ1) is 14.0. The number of anilines is 1. The SMILES string of the molecule is CC(O)=C(C#N)C(=S)Nc1c(F)cc(F)cc1F. The second-order valence-electron chi connectivity index (χ2n) is 3.27. The van der Waals surface area contributed by atoms with Crippen LogP contribution in [0.5, 0.6) is 0 Å². The van der Waals surface area contributed by atoms with E-state index < -0.39 is 28.9 Å². The van der Waals surface area contributed by atoms with Crippen molar-refractivity contribution in [2.24, 2.45) is 0 Å². The van der Waals surface area contributed by atoms with Gasteiger partial charge in [-0.2, -0.15) is 5.26 Å². The summed E-state index contributed by atoms with van der Waals surface area (Å²) in [6.45, 7) is 1.20. The van der Waals surface area contributed by atoms with Crippen molar-refractivity contribution in [1.29, 1.82) is 5.26 Å². The predicted octanol–water partition coefficient (Wildman–Crippen LogP) is 3.20. The van der Waals surface area contributed by atoms with E-state index in [1.807, 2.05) is 0 Å². The Hall–Kier alpha value is -2.07. The molecule has 0 unspecified atom stereocenters. The Labute approximate surface area is 106 Å². The third-order valence-corrected chi connectivity index (χ3v) is 2.25. The van der Waals surface area contributed by atoms with Crippen molar-refractivity contribution in [2.75, 3.05) is 5.32 Å². The highest BCUT2D eigenvalue weighted by molar-refractivity contribution is 7.81. The van der Waals surface area contributed by atoms with E-state index in [2.05, 4.69) is 5.32 Å². The molecule has 2 N–H and O–H groups in total. The lowest BCUT2D eigenvalue weighted by molar-refractivity contribution is 0.412. The Morgan fingerprint density at radius 2 is 1.83 bits per heavy atom. The molecule has 0 fully saturated rings. The van der Waals surface area contributed by atoms with E-state index in [4.69, 9.17) is 22.6 Å². The molecule has 94 valence electrons. The summed E-state index contributed by atoms with van der Waals surface area (Å²) in [5.74, 6) is -3.85. The molecule has 1 rings (SSSR count). The van der Waals surface area contributed by atoms with Gasteiger partial charge in [-0.15, -0.1) is 0 Å². The molecule has 0 radical (unpaired) electrons. The zero-order valence-electron chi connectivity index (χ0n) is 9.09. The molecule has 1 aromatic carbocycles. The minimum absolute atomic E-state index is 0.326. The predicted molar refractivity (Wildman–Crippen MR) is 63.5 cm³/mol. The van der Waals surface area contributed by atoms with Gasteiger partial charge in [-0.1, -0.05) is 12.2 Å². The molecule has 18 heavy (non-hydrogen) atoms. The van der Waals surface area contributed by atoms with Crippen LogP contribution in [0.1, 0.15) is 6.92 Å². The largest absolute Gasteiger partial charge is 0.511 e. The fourth-order valence-corrected chi connectivity index (χ4v) is 1.43. The first-order valence-electron chi connectivity index (χ1n) is 4.62. The Morgan fingerprint density at radius 3 is 2.22 bits per heavy atom. The standard InChI is InChI=1S/C11H7F3N2OS/c1-5(17)7(4-15)11(18)16-10-8(13)2-6(12)3-9(10)14/h2-3,17H,1H3,(H,16,18). The van der Waals surface area contributed by atoms with Crippen LogP contribution in [-0.2, 0) is 0 Å². The average molecular weight is 272 g/mol. The molecule has 0 aliphatic carbocycles. The van der Waals surface area contributed by atoms with Crippen LogP contribution >= 0.6 is 12.2 Å². The summed E-state index contributed by atoms with van der Waals surface area (Å²) in [7, 11) is 0. The molecule has 0 aliphatic heterocycles. The molecule has 0 bridgehead atoms. The van der Waals surface area contributed by atoms with Crippen molar-refractivity contribution >= 4 is 22.9 Å². The maximum atomic E-state index is 13.3. The van der Waals surface area contributed by atoms with Crippen molar-refractivity contribution < 1.29 is 18.3 Å². The molecule has 0 saturated heterocycles. The molecular weight excluding hydrogens is 265 g/mol. The highest BCUT2D eigenvalue weighted by Crippen LogP contribution is 2.21. The number of hydrogen-bond acceptors (Lipinski definition) is 3. The molecule has 1 aromatic rings. The van der Waals surface area contributed by atoms with Crippen LogP contribution in [0.2, 0.25) is 0 Å². The molecule has 0 atom stereocenters. The van der Waals surface area contributed by atoms with E-state index in [1.165, 1.54) is 6.92 Å². The molecular formula is C11H7F3N2OS. The van der Waals surface area contributed by atoms with Crippen molar-refractivity contribution in [3.8, 4) is 6.07 Å². The third-order valence-electron chi connectivity index (χ3n) is 1.95. The summed E-state index contributed by atoms with van der Waals surface area (Å²) in [6, 6.07) is 2.51. The number of halogens is 3. The zero-order valence-corrected chi connectivity index (χ0v) is 9.91. The zero-order chi connectivity index (χ0) is 13.9. The van der Waals surface area contributed by atoms with Gasteiger partial charge in [0.2, 0.25) is 0 Å². The summed E-state index contributed by atoms with van der Waals surface area (Å²) in [6.07, 6.45) is 0. The number of nitrogens with one attached hydrogen (secondary N) is 1. The number of nitriles is 1. The van der Waals surface area contributed by atoms with Crippen molar-refractivity contribution in [3.05, 3.63) is 40.9 Å². The van der Waals surface area contributed by atoms with Gasteiger partial charge in [-0.25, -0.2) is 13.2 Å². The van der Waals surface area contributed by atoms with Gasteiger partial charge in [0.15, 0.2) is 11.6 Å². The quantitative estimate of drug-likeness (QED) is 0.376. The Bertz CT molecular complexity index is 551. The summed E-state index contributed by atoms with van der Waals surface area (Å²) in [4.78, 5) is -0.359. The van der Waals surface area contributed by atoms with E-state index in [0.29, 0.717) is 12.1 Å². The fraction of sp³-hybridized carbons (Fsp3) is 0.0909.